The zero-order chi connectivity index (χ0) is 25.3. The SMILES string of the molecule is CCCCCCCCP(C[C@@H]1CC[C@H]1CP(CCCCCCCC)c1ccccc1)c1ccccc1. The fraction of sp³-hybridized carbons (Fsp3) is 0.647. The lowest BCUT2D eigenvalue weighted by atomic mass is 9.76. The van der Waals surface area contributed by atoms with E-state index in [4.69, 9.17) is 0 Å². The van der Waals surface area contributed by atoms with Crippen molar-refractivity contribution in [2.24, 2.45) is 11.8 Å². The predicted octanol–water partition coefficient (Wildman–Crippen LogP) is 10.3. The van der Waals surface area contributed by atoms with Gasteiger partial charge in [-0.15, -0.1) is 0 Å². The van der Waals surface area contributed by atoms with Crippen molar-refractivity contribution in [1.82, 2.24) is 0 Å². The van der Waals surface area contributed by atoms with E-state index in [9.17, 15) is 0 Å². The average Bonchev–Trinajstić information content (AvgIpc) is 2.91. The van der Waals surface area contributed by atoms with Crippen LogP contribution in [0.1, 0.15) is 104 Å². The minimum Gasteiger partial charge on any atom is -0.0750 e. The Morgan fingerprint density at radius 2 is 0.861 bits per heavy atom. The van der Waals surface area contributed by atoms with Crippen LogP contribution in [0.25, 0.3) is 0 Å². The van der Waals surface area contributed by atoms with E-state index in [1.807, 2.05) is 0 Å². The van der Waals surface area contributed by atoms with Crippen molar-refractivity contribution in [2.75, 3.05) is 24.6 Å². The first-order valence-electron chi connectivity index (χ1n) is 15.4. The minimum absolute atomic E-state index is 0.00739. The summed E-state index contributed by atoms with van der Waals surface area (Å²) in [7, 11) is 0.0148. The molecule has 1 saturated carbocycles. The van der Waals surface area contributed by atoms with Gasteiger partial charge < -0.3 is 0 Å². The molecule has 2 unspecified atom stereocenters. The molecule has 200 valence electrons. The molecule has 0 bridgehead atoms. The Kier molecular flexibility index (Phi) is 15.4. The first kappa shape index (κ1) is 29.9. The van der Waals surface area contributed by atoms with Gasteiger partial charge in [0, 0.05) is 0 Å². The Labute approximate surface area is 227 Å². The minimum atomic E-state index is 0.00739. The Morgan fingerprint density at radius 1 is 0.500 bits per heavy atom. The fourth-order valence-corrected chi connectivity index (χ4v) is 11.6. The summed E-state index contributed by atoms with van der Waals surface area (Å²) in [5.74, 6) is 1.96. The second-order valence-corrected chi connectivity index (χ2v) is 16.0. The molecule has 0 aliphatic heterocycles. The maximum absolute atomic E-state index is 2.44. The Bertz CT molecular complexity index is 707. The second kappa shape index (κ2) is 18.5. The van der Waals surface area contributed by atoms with Crippen LogP contribution in [0.3, 0.4) is 0 Å². The molecule has 0 radical (unpaired) electrons. The lowest BCUT2D eigenvalue weighted by molar-refractivity contribution is 0.227. The molecule has 4 atom stereocenters. The van der Waals surface area contributed by atoms with Crippen molar-refractivity contribution in [1.29, 1.82) is 0 Å². The third-order valence-corrected chi connectivity index (χ3v) is 13.9. The fourth-order valence-electron chi connectivity index (χ4n) is 5.78. The van der Waals surface area contributed by atoms with E-state index < -0.39 is 0 Å². The molecule has 0 heterocycles. The van der Waals surface area contributed by atoms with Crippen molar-refractivity contribution >= 4 is 26.5 Å². The molecule has 36 heavy (non-hydrogen) atoms. The van der Waals surface area contributed by atoms with Crippen LogP contribution in [-0.2, 0) is 0 Å². The monoisotopic (exact) mass is 524 g/mol. The van der Waals surface area contributed by atoms with Crippen LogP contribution in [0.2, 0.25) is 0 Å². The molecule has 2 aromatic rings. The maximum Gasteiger partial charge on any atom is -0.0240 e. The van der Waals surface area contributed by atoms with E-state index >= 15 is 0 Å². The van der Waals surface area contributed by atoms with Crippen molar-refractivity contribution in [3.63, 3.8) is 0 Å². The zero-order valence-corrected chi connectivity index (χ0v) is 25.3. The molecular formula is C34H54P2. The molecule has 2 aromatic carbocycles. The van der Waals surface area contributed by atoms with Crippen molar-refractivity contribution in [3.05, 3.63) is 60.7 Å². The highest BCUT2D eigenvalue weighted by Crippen LogP contribution is 2.50. The van der Waals surface area contributed by atoms with Gasteiger partial charge in [-0.3, -0.25) is 0 Å². The van der Waals surface area contributed by atoms with Gasteiger partial charge in [0.15, 0.2) is 0 Å². The first-order valence-corrected chi connectivity index (χ1v) is 18.8. The van der Waals surface area contributed by atoms with Gasteiger partial charge in [-0.25, -0.2) is 0 Å². The van der Waals surface area contributed by atoms with Crippen LogP contribution >= 0.6 is 15.8 Å². The number of hydrogen-bond donors (Lipinski definition) is 0. The average molecular weight is 525 g/mol. The van der Waals surface area contributed by atoms with Gasteiger partial charge in [-0.1, -0.05) is 155 Å². The summed E-state index contributed by atoms with van der Waals surface area (Å²) < 4.78 is 0. The summed E-state index contributed by atoms with van der Waals surface area (Å²) in [6.07, 6.45) is 25.9. The van der Waals surface area contributed by atoms with Gasteiger partial charge in [0.05, 0.1) is 0 Å². The van der Waals surface area contributed by atoms with Crippen LogP contribution in [0.15, 0.2) is 60.7 Å². The van der Waals surface area contributed by atoms with E-state index in [1.165, 1.54) is 115 Å². The standard InChI is InChI=1S/C34H54P2/c1-3-5-7-9-11-19-27-35(33-21-15-13-16-22-33)29-31-25-26-32(31)30-36(34-23-17-14-18-24-34)28-20-12-10-8-6-4-2/h13-18,21-24,31-32H,3-12,19-20,25-30H2,1-2H3/t31-,32-,35?,36?/m0/s1. The Morgan fingerprint density at radius 3 is 1.22 bits per heavy atom. The summed E-state index contributed by atoms with van der Waals surface area (Å²) in [4.78, 5) is 0. The second-order valence-electron chi connectivity index (χ2n) is 11.2. The molecular weight excluding hydrogens is 470 g/mol. The normalized spacial score (nSPS) is 19.1. The molecule has 1 aliphatic rings. The molecule has 3 rings (SSSR count). The summed E-state index contributed by atoms with van der Waals surface area (Å²) >= 11 is 0. The van der Waals surface area contributed by atoms with Crippen LogP contribution in [0.5, 0.6) is 0 Å². The highest BCUT2D eigenvalue weighted by Gasteiger charge is 2.34. The molecule has 1 aliphatic carbocycles. The van der Waals surface area contributed by atoms with Crippen LogP contribution in [-0.4, -0.2) is 24.6 Å². The highest BCUT2D eigenvalue weighted by atomic mass is 31.1. The molecule has 0 nitrogen and oxygen atoms in total. The smallest absolute Gasteiger partial charge is 0.0240 e. The largest absolute Gasteiger partial charge is 0.0750 e. The molecule has 0 spiro atoms. The van der Waals surface area contributed by atoms with Gasteiger partial charge in [-0.05, 0) is 72.8 Å². The van der Waals surface area contributed by atoms with Crippen LogP contribution in [0, 0.1) is 11.8 Å². The van der Waals surface area contributed by atoms with Crippen molar-refractivity contribution in [3.8, 4) is 0 Å². The van der Waals surface area contributed by atoms with E-state index in [0.29, 0.717) is 0 Å². The number of hydrogen-bond acceptors (Lipinski definition) is 0. The number of rotatable bonds is 20. The van der Waals surface area contributed by atoms with Gasteiger partial charge in [0.1, 0.15) is 0 Å². The molecule has 0 saturated heterocycles. The van der Waals surface area contributed by atoms with E-state index in [1.54, 1.807) is 10.6 Å². The first-order chi connectivity index (χ1) is 17.8. The summed E-state index contributed by atoms with van der Waals surface area (Å²) in [5.41, 5.74) is 0. The summed E-state index contributed by atoms with van der Waals surface area (Å²) in [6, 6.07) is 23.2. The van der Waals surface area contributed by atoms with Gasteiger partial charge >= 0.3 is 0 Å². The summed E-state index contributed by atoms with van der Waals surface area (Å²) in [5, 5.41) is 3.34. The quantitative estimate of drug-likeness (QED) is 0.119. The van der Waals surface area contributed by atoms with Gasteiger partial charge in [0.25, 0.3) is 0 Å². The van der Waals surface area contributed by atoms with Crippen molar-refractivity contribution in [2.45, 2.75) is 104 Å². The van der Waals surface area contributed by atoms with Gasteiger partial charge in [-0.2, -0.15) is 0 Å². The summed E-state index contributed by atoms with van der Waals surface area (Å²) in [6.45, 7) is 4.64. The lowest BCUT2D eigenvalue weighted by Gasteiger charge is -2.41. The Balaban J connectivity index is 1.53. The molecule has 2 heteroatoms. The highest BCUT2D eigenvalue weighted by molar-refractivity contribution is 7.66. The third kappa shape index (κ3) is 11.0. The van der Waals surface area contributed by atoms with Crippen molar-refractivity contribution < 1.29 is 0 Å². The number of unbranched alkanes of at least 4 members (excludes halogenated alkanes) is 10. The predicted molar refractivity (Wildman–Crippen MR) is 168 cm³/mol. The van der Waals surface area contributed by atoms with E-state index in [0.717, 1.165) is 11.8 Å². The molecule has 0 N–H and O–H groups in total. The van der Waals surface area contributed by atoms with E-state index in [-0.39, 0.29) is 15.8 Å². The number of benzene rings is 2. The van der Waals surface area contributed by atoms with E-state index in [2.05, 4.69) is 74.5 Å². The lowest BCUT2D eigenvalue weighted by Crippen LogP contribution is -2.33. The Hall–Kier alpha value is -0.700. The van der Waals surface area contributed by atoms with Gasteiger partial charge in [0.2, 0.25) is 0 Å². The topological polar surface area (TPSA) is 0 Å². The van der Waals surface area contributed by atoms with Crippen LogP contribution < -0.4 is 10.6 Å². The maximum atomic E-state index is 2.44. The zero-order valence-electron chi connectivity index (χ0n) is 23.6. The molecule has 0 aromatic heterocycles. The third-order valence-electron chi connectivity index (χ3n) is 8.29. The molecule has 1 fully saturated rings. The molecule has 0 amide bonds. The van der Waals surface area contributed by atoms with Crippen LogP contribution in [0.4, 0.5) is 0 Å².